The summed E-state index contributed by atoms with van der Waals surface area (Å²) in [6.07, 6.45) is 0. The van der Waals surface area contributed by atoms with Gasteiger partial charge in [0.05, 0.1) is 13.7 Å². The van der Waals surface area contributed by atoms with Crippen molar-refractivity contribution in [1.29, 1.82) is 0 Å². The van der Waals surface area contributed by atoms with Crippen LogP contribution in [0, 0.1) is 20.8 Å². The van der Waals surface area contributed by atoms with Crippen LogP contribution in [-0.2, 0) is 11.3 Å². The topological polar surface area (TPSA) is 50.4 Å². The van der Waals surface area contributed by atoms with Gasteiger partial charge in [-0.05, 0) is 56.1 Å². The van der Waals surface area contributed by atoms with Crippen LogP contribution in [0.5, 0.6) is 5.75 Å². The number of hydrogen-bond donors (Lipinski definition) is 2. The van der Waals surface area contributed by atoms with Gasteiger partial charge in [-0.3, -0.25) is 4.79 Å². The van der Waals surface area contributed by atoms with Crippen LogP contribution in [0.25, 0.3) is 0 Å². The minimum Gasteiger partial charge on any atom is -0.496 e. The van der Waals surface area contributed by atoms with Crippen molar-refractivity contribution < 1.29 is 9.53 Å². The first-order valence-electron chi connectivity index (χ1n) is 6.06. The van der Waals surface area contributed by atoms with Crippen molar-refractivity contribution in [3.63, 3.8) is 0 Å². The van der Waals surface area contributed by atoms with Crippen LogP contribution in [0.2, 0.25) is 0 Å². The van der Waals surface area contributed by atoms with Crippen molar-refractivity contribution in [3.8, 4) is 5.75 Å². The summed E-state index contributed by atoms with van der Waals surface area (Å²) in [6, 6.07) is 2.02. The molecule has 1 amide bonds. The molecule has 0 aliphatic rings. The molecule has 2 N–H and O–H groups in total. The van der Waals surface area contributed by atoms with E-state index in [0.29, 0.717) is 13.1 Å². The highest BCUT2D eigenvalue weighted by Crippen LogP contribution is 2.27. The van der Waals surface area contributed by atoms with Gasteiger partial charge in [-0.15, -0.1) is 0 Å². The van der Waals surface area contributed by atoms with Crippen molar-refractivity contribution in [3.05, 3.63) is 28.3 Å². The second kappa shape index (κ2) is 6.40. The molecule has 100 valence electrons. The molecule has 0 radical (unpaired) electrons. The first kappa shape index (κ1) is 14.5. The van der Waals surface area contributed by atoms with Crippen molar-refractivity contribution in [2.45, 2.75) is 27.3 Å². The first-order valence-corrected chi connectivity index (χ1v) is 6.06. The molecule has 0 aromatic heterocycles. The normalized spacial score (nSPS) is 10.3. The van der Waals surface area contributed by atoms with E-state index in [1.807, 2.05) is 19.9 Å². The SMILES string of the molecule is CNCC(=O)NCc1c(C)cc(OC)c(C)c1C. The molecule has 0 spiro atoms. The maximum atomic E-state index is 11.4. The fraction of sp³-hybridized carbons (Fsp3) is 0.500. The molecule has 0 saturated carbocycles. The lowest BCUT2D eigenvalue weighted by Crippen LogP contribution is -2.32. The molecule has 0 aliphatic heterocycles. The number of nitrogens with one attached hydrogen (secondary N) is 2. The number of hydrogen-bond acceptors (Lipinski definition) is 3. The van der Waals surface area contributed by atoms with Crippen LogP contribution in [0.1, 0.15) is 22.3 Å². The molecule has 18 heavy (non-hydrogen) atoms. The van der Waals surface area contributed by atoms with E-state index < -0.39 is 0 Å². The molecular formula is C14H22N2O2. The monoisotopic (exact) mass is 250 g/mol. The van der Waals surface area contributed by atoms with Crippen LogP contribution >= 0.6 is 0 Å². The van der Waals surface area contributed by atoms with E-state index in [1.54, 1.807) is 14.2 Å². The van der Waals surface area contributed by atoms with Gasteiger partial charge in [0.25, 0.3) is 0 Å². The van der Waals surface area contributed by atoms with E-state index in [1.165, 1.54) is 5.56 Å². The Kier molecular flexibility index (Phi) is 5.16. The number of likely N-dealkylation sites (N-methyl/N-ethyl adjacent to an activating group) is 1. The summed E-state index contributed by atoms with van der Waals surface area (Å²) in [5, 5.41) is 5.73. The number of aryl methyl sites for hydroxylation is 1. The molecule has 0 heterocycles. The van der Waals surface area contributed by atoms with E-state index in [0.717, 1.165) is 22.4 Å². The molecule has 0 atom stereocenters. The van der Waals surface area contributed by atoms with Gasteiger partial charge in [-0.2, -0.15) is 0 Å². The standard InChI is InChI=1S/C14H22N2O2/c1-9-6-13(18-5)11(3)10(2)12(9)7-16-14(17)8-15-4/h6,15H,7-8H2,1-5H3,(H,16,17). The number of carbonyl (C=O) groups is 1. The highest BCUT2D eigenvalue weighted by Gasteiger charge is 2.11. The van der Waals surface area contributed by atoms with Crippen LogP contribution in [0.15, 0.2) is 6.07 Å². The Morgan fingerprint density at radius 1 is 1.28 bits per heavy atom. The van der Waals surface area contributed by atoms with Gasteiger partial charge in [0.2, 0.25) is 5.91 Å². The molecule has 0 fully saturated rings. The highest BCUT2D eigenvalue weighted by atomic mass is 16.5. The fourth-order valence-electron chi connectivity index (χ4n) is 1.99. The lowest BCUT2D eigenvalue weighted by molar-refractivity contribution is -0.120. The molecule has 0 bridgehead atoms. The Morgan fingerprint density at radius 3 is 2.50 bits per heavy atom. The number of rotatable bonds is 5. The molecule has 0 aliphatic carbocycles. The summed E-state index contributed by atoms with van der Waals surface area (Å²) in [5.74, 6) is 0.903. The molecule has 1 aromatic rings. The zero-order chi connectivity index (χ0) is 13.7. The Labute approximate surface area is 109 Å². The largest absolute Gasteiger partial charge is 0.496 e. The number of benzene rings is 1. The van der Waals surface area contributed by atoms with E-state index >= 15 is 0 Å². The number of methoxy groups -OCH3 is 1. The number of ether oxygens (including phenoxy) is 1. The van der Waals surface area contributed by atoms with Gasteiger partial charge in [0.15, 0.2) is 0 Å². The molecular weight excluding hydrogens is 228 g/mol. The summed E-state index contributed by atoms with van der Waals surface area (Å²) in [7, 11) is 3.43. The molecule has 0 saturated heterocycles. The third-order valence-corrected chi connectivity index (χ3v) is 3.23. The van der Waals surface area contributed by atoms with Crippen molar-refractivity contribution in [2.75, 3.05) is 20.7 Å². The van der Waals surface area contributed by atoms with E-state index in [2.05, 4.69) is 17.6 Å². The smallest absolute Gasteiger partial charge is 0.234 e. The van der Waals surface area contributed by atoms with E-state index in [-0.39, 0.29) is 5.91 Å². The summed E-state index contributed by atoms with van der Waals surface area (Å²) < 4.78 is 5.33. The Bertz CT molecular complexity index is 442. The van der Waals surface area contributed by atoms with Crippen LogP contribution in [0.3, 0.4) is 0 Å². The molecule has 0 unspecified atom stereocenters. The Balaban J connectivity index is 2.90. The van der Waals surface area contributed by atoms with Gasteiger partial charge in [-0.1, -0.05) is 0 Å². The summed E-state index contributed by atoms with van der Waals surface area (Å²) >= 11 is 0. The van der Waals surface area contributed by atoms with Gasteiger partial charge in [0, 0.05) is 6.54 Å². The quantitative estimate of drug-likeness (QED) is 0.831. The highest BCUT2D eigenvalue weighted by molar-refractivity contribution is 5.78. The summed E-state index contributed by atoms with van der Waals surface area (Å²) in [6.45, 7) is 7.03. The summed E-state index contributed by atoms with van der Waals surface area (Å²) in [5.41, 5.74) is 4.61. The lowest BCUT2D eigenvalue weighted by Gasteiger charge is -2.16. The van der Waals surface area contributed by atoms with Crippen LogP contribution in [0.4, 0.5) is 0 Å². The van der Waals surface area contributed by atoms with Gasteiger partial charge in [-0.25, -0.2) is 0 Å². The van der Waals surface area contributed by atoms with Crippen molar-refractivity contribution >= 4 is 5.91 Å². The predicted octanol–water partition coefficient (Wildman–Crippen LogP) is 1.46. The maximum Gasteiger partial charge on any atom is 0.234 e. The van der Waals surface area contributed by atoms with Gasteiger partial charge < -0.3 is 15.4 Å². The molecule has 1 aromatic carbocycles. The molecule has 1 rings (SSSR count). The minimum absolute atomic E-state index is 0.00442. The average Bonchev–Trinajstić information content (AvgIpc) is 2.34. The van der Waals surface area contributed by atoms with Crippen molar-refractivity contribution in [1.82, 2.24) is 10.6 Å². The first-order chi connectivity index (χ1) is 8.51. The number of amides is 1. The lowest BCUT2D eigenvalue weighted by atomic mass is 9.97. The average molecular weight is 250 g/mol. The summed E-state index contributed by atoms with van der Waals surface area (Å²) in [4.78, 5) is 11.4. The Morgan fingerprint density at radius 2 is 1.94 bits per heavy atom. The predicted molar refractivity (Wildman–Crippen MR) is 73.0 cm³/mol. The van der Waals surface area contributed by atoms with E-state index in [4.69, 9.17) is 4.74 Å². The number of carbonyl (C=O) groups excluding carboxylic acids is 1. The van der Waals surface area contributed by atoms with E-state index in [9.17, 15) is 4.79 Å². The maximum absolute atomic E-state index is 11.4. The molecule has 4 heteroatoms. The zero-order valence-corrected chi connectivity index (χ0v) is 11.8. The van der Waals surface area contributed by atoms with Gasteiger partial charge >= 0.3 is 0 Å². The minimum atomic E-state index is 0.00442. The fourth-order valence-corrected chi connectivity index (χ4v) is 1.99. The van der Waals surface area contributed by atoms with Gasteiger partial charge in [0.1, 0.15) is 5.75 Å². The second-order valence-electron chi connectivity index (χ2n) is 4.43. The molecule has 4 nitrogen and oxygen atoms in total. The van der Waals surface area contributed by atoms with Crippen LogP contribution < -0.4 is 15.4 Å². The van der Waals surface area contributed by atoms with Crippen LogP contribution in [-0.4, -0.2) is 26.6 Å². The Hall–Kier alpha value is -1.55. The zero-order valence-electron chi connectivity index (χ0n) is 11.8. The third kappa shape index (κ3) is 3.23. The third-order valence-electron chi connectivity index (χ3n) is 3.23. The van der Waals surface area contributed by atoms with Crippen molar-refractivity contribution in [2.24, 2.45) is 0 Å². The second-order valence-corrected chi connectivity index (χ2v) is 4.43.